The molecule has 0 aliphatic heterocycles. The highest BCUT2D eigenvalue weighted by Crippen LogP contribution is 2.26. The predicted octanol–water partition coefficient (Wildman–Crippen LogP) is 3.34. The zero-order valence-corrected chi connectivity index (χ0v) is 10.0. The normalized spacial score (nSPS) is 10.4. The van der Waals surface area contributed by atoms with Crippen molar-refractivity contribution >= 4 is 29.2 Å². The van der Waals surface area contributed by atoms with Gasteiger partial charge in [-0.15, -0.1) is 0 Å². The fourth-order valence-corrected chi connectivity index (χ4v) is 1.97. The van der Waals surface area contributed by atoms with Crippen LogP contribution < -0.4 is 5.73 Å². The molecule has 0 radical (unpaired) electrons. The molecule has 3 nitrogen and oxygen atoms in total. The fourth-order valence-electron chi connectivity index (χ4n) is 1.44. The van der Waals surface area contributed by atoms with Crippen LogP contribution in [0.15, 0.2) is 24.3 Å². The number of nitrogens with zero attached hydrogens (tertiary/aromatic N) is 2. The van der Waals surface area contributed by atoms with Gasteiger partial charge in [0.2, 0.25) is 5.95 Å². The lowest BCUT2D eigenvalue weighted by atomic mass is 10.1. The molecular formula is C11H9Cl2N3. The summed E-state index contributed by atoms with van der Waals surface area (Å²) in [5.41, 5.74) is 7.93. The van der Waals surface area contributed by atoms with Gasteiger partial charge in [0.15, 0.2) is 0 Å². The van der Waals surface area contributed by atoms with Crippen molar-refractivity contribution in [2.24, 2.45) is 0 Å². The van der Waals surface area contributed by atoms with Gasteiger partial charge in [0.25, 0.3) is 0 Å². The van der Waals surface area contributed by atoms with Crippen LogP contribution in [0.5, 0.6) is 0 Å². The largest absolute Gasteiger partial charge is 0.368 e. The molecule has 1 heterocycles. The van der Waals surface area contributed by atoms with Crippen molar-refractivity contribution in [1.29, 1.82) is 0 Å². The molecule has 0 bridgehead atoms. The molecule has 0 unspecified atom stereocenters. The number of nitrogens with two attached hydrogens (primary N) is 1. The van der Waals surface area contributed by atoms with E-state index in [2.05, 4.69) is 9.97 Å². The Balaban J connectivity index is 2.57. The van der Waals surface area contributed by atoms with E-state index in [4.69, 9.17) is 28.9 Å². The molecule has 0 spiro atoms. The maximum atomic E-state index is 5.92. The van der Waals surface area contributed by atoms with E-state index in [1.165, 1.54) is 0 Å². The average Bonchev–Trinajstić information content (AvgIpc) is 2.14. The lowest BCUT2D eigenvalue weighted by Crippen LogP contribution is -1.98. The van der Waals surface area contributed by atoms with Crippen LogP contribution in [-0.4, -0.2) is 9.97 Å². The molecule has 0 aliphatic rings. The number of aromatic nitrogens is 2. The van der Waals surface area contributed by atoms with Crippen molar-refractivity contribution in [2.45, 2.75) is 6.92 Å². The monoisotopic (exact) mass is 253 g/mol. The standard InChI is InChI=1S/C11H9Cl2N3/c1-6-2-10(16-11(14)15-6)7-3-8(12)5-9(13)4-7/h2-5H,1H3,(H2,14,15,16). The highest BCUT2D eigenvalue weighted by Gasteiger charge is 2.05. The minimum absolute atomic E-state index is 0.242. The minimum atomic E-state index is 0.242. The minimum Gasteiger partial charge on any atom is -0.368 e. The molecule has 0 fully saturated rings. The van der Waals surface area contributed by atoms with Gasteiger partial charge < -0.3 is 5.73 Å². The first-order chi connectivity index (χ1) is 7.54. The summed E-state index contributed by atoms with van der Waals surface area (Å²) < 4.78 is 0. The Hall–Kier alpha value is -1.32. The maximum absolute atomic E-state index is 5.92. The van der Waals surface area contributed by atoms with Gasteiger partial charge in [-0.2, -0.15) is 0 Å². The molecule has 1 aromatic carbocycles. The third-order valence-corrected chi connectivity index (χ3v) is 2.47. The molecule has 2 aromatic rings. The third kappa shape index (κ3) is 2.43. The van der Waals surface area contributed by atoms with E-state index in [1.54, 1.807) is 18.2 Å². The number of halogens is 2. The molecule has 0 saturated heterocycles. The van der Waals surface area contributed by atoms with Crippen LogP contribution in [0.1, 0.15) is 5.69 Å². The van der Waals surface area contributed by atoms with Gasteiger partial charge in [-0.1, -0.05) is 23.2 Å². The second-order valence-corrected chi connectivity index (χ2v) is 4.28. The molecular weight excluding hydrogens is 245 g/mol. The van der Waals surface area contributed by atoms with Crippen molar-refractivity contribution in [1.82, 2.24) is 9.97 Å². The van der Waals surface area contributed by atoms with Gasteiger partial charge in [-0.25, -0.2) is 9.97 Å². The Kier molecular flexibility index (Phi) is 2.99. The summed E-state index contributed by atoms with van der Waals surface area (Å²) in [5.74, 6) is 0.242. The number of nitrogen functional groups attached to an aromatic ring is 1. The molecule has 82 valence electrons. The Morgan fingerprint density at radius 2 is 1.62 bits per heavy atom. The SMILES string of the molecule is Cc1cc(-c2cc(Cl)cc(Cl)c2)nc(N)n1. The summed E-state index contributed by atoms with van der Waals surface area (Å²) in [6.45, 7) is 1.85. The Labute approximate surface area is 103 Å². The Morgan fingerprint density at radius 3 is 2.19 bits per heavy atom. The van der Waals surface area contributed by atoms with Gasteiger partial charge in [-0.3, -0.25) is 0 Å². The summed E-state index contributed by atoms with van der Waals surface area (Å²) in [5, 5.41) is 1.13. The number of benzene rings is 1. The van der Waals surface area contributed by atoms with Gasteiger partial charge in [0.1, 0.15) is 0 Å². The Morgan fingerprint density at radius 1 is 1.00 bits per heavy atom. The smallest absolute Gasteiger partial charge is 0.220 e. The zero-order valence-electron chi connectivity index (χ0n) is 8.54. The van der Waals surface area contributed by atoms with E-state index in [-0.39, 0.29) is 5.95 Å². The third-order valence-electron chi connectivity index (χ3n) is 2.03. The summed E-state index contributed by atoms with van der Waals surface area (Å²) >= 11 is 11.8. The zero-order chi connectivity index (χ0) is 11.7. The number of aryl methyl sites for hydroxylation is 1. The quantitative estimate of drug-likeness (QED) is 0.849. The summed E-state index contributed by atoms with van der Waals surface area (Å²) in [4.78, 5) is 8.14. The first-order valence-electron chi connectivity index (χ1n) is 4.62. The number of rotatable bonds is 1. The first kappa shape index (κ1) is 11.2. The number of anilines is 1. The van der Waals surface area contributed by atoms with Crippen molar-refractivity contribution in [3.8, 4) is 11.3 Å². The summed E-state index contributed by atoms with van der Waals surface area (Å²) in [6, 6.07) is 7.08. The van der Waals surface area contributed by atoms with E-state index in [1.807, 2.05) is 13.0 Å². The predicted molar refractivity (Wildman–Crippen MR) is 66.6 cm³/mol. The molecule has 0 amide bonds. The summed E-state index contributed by atoms with van der Waals surface area (Å²) in [7, 11) is 0. The van der Waals surface area contributed by atoms with E-state index < -0.39 is 0 Å². The Bertz CT molecular complexity index is 451. The summed E-state index contributed by atoms with van der Waals surface area (Å²) in [6.07, 6.45) is 0. The van der Waals surface area contributed by atoms with E-state index >= 15 is 0 Å². The molecule has 5 heteroatoms. The van der Waals surface area contributed by atoms with Crippen molar-refractivity contribution in [2.75, 3.05) is 5.73 Å². The van der Waals surface area contributed by atoms with Crippen molar-refractivity contribution in [3.63, 3.8) is 0 Å². The maximum Gasteiger partial charge on any atom is 0.220 e. The topological polar surface area (TPSA) is 51.8 Å². The van der Waals surface area contributed by atoms with E-state index in [0.29, 0.717) is 10.0 Å². The lowest BCUT2D eigenvalue weighted by Gasteiger charge is -2.04. The highest BCUT2D eigenvalue weighted by atomic mass is 35.5. The number of hydrogen-bond acceptors (Lipinski definition) is 3. The van der Waals surface area contributed by atoms with Gasteiger partial charge in [-0.05, 0) is 31.2 Å². The van der Waals surface area contributed by atoms with Crippen LogP contribution >= 0.6 is 23.2 Å². The van der Waals surface area contributed by atoms with Crippen LogP contribution in [0.2, 0.25) is 10.0 Å². The molecule has 1 aromatic heterocycles. The molecule has 0 saturated carbocycles. The van der Waals surface area contributed by atoms with Crippen LogP contribution in [0.3, 0.4) is 0 Å². The number of hydrogen-bond donors (Lipinski definition) is 1. The van der Waals surface area contributed by atoms with Crippen molar-refractivity contribution < 1.29 is 0 Å². The van der Waals surface area contributed by atoms with Gasteiger partial charge in [0, 0.05) is 21.3 Å². The van der Waals surface area contributed by atoms with Gasteiger partial charge >= 0.3 is 0 Å². The molecule has 0 aliphatic carbocycles. The van der Waals surface area contributed by atoms with E-state index in [9.17, 15) is 0 Å². The average molecular weight is 254 g/mol. The molecule has 2 rings (SSSR count). The van der Waals surface area contributed by atoms with Crippen LogP contribution in [-0.2, 0) is 0 Å². The lowest BCUT2D eigenvalue weighted by molar-refractivity contribution is 1.12. The fraction of sp³-hybridized carbons (Fsp3) is 0.0909. The van der Waals surface area contributed by atoms with Crippen LogP contribution in [0.25, 0.3) is 11.3 Å². The van der Waals surface area contributed by atoms with Gasteiger partial charge in [0.05, 0.1) is 5.69 Å². The highest BCUT2D eigenvalue weighted by molar-refractivity contribution is 6.35. The van der Waals surface area contributed by atoms with Crippen molar-refractivity contribution in [3.05, 3.63) is 40.0 Å². The second kappa shape index (κ2) is 4.28. The molecule has 0 atom stereocenters. The van der Waals surface area contributed by atoms with Crippen LogP contribution in [0, 0.1) is 6.92 Å². The molecule has 2 N–H and O–H groups in total. The van der Waals surface area contributed by atoms with E-state index in [0.717, 1.165) is 17.0 Å². The van der Waals surface area contributed by atoms with Crippen LogP contribution in [0.4, 0.5) is 5.95 Å². The first-order valence-corrected chi connectivity index (χ1v) is 5.38. The second-order valence-electron chi connectivity index (χ2n) is 3.41. The molecule has 16 heavy (non-hydrogen) atoms.